The van der Waals surface area contributed by atoms with Gasteiger partial charge in [-0.25, -0.2) is 0 Å². The average molecular weight is 238 g/mol. The largest absolute Gasteiger partial charge is 0.458 e. The van der Waals surface area contributed by atoms with Crippen molar-refractivity contribution in [3.05, 3.63) is 25.3 Å². The summed E-state index contributed by atoms with van der Waals surface area (Å²) in [5.41, 5.74) is -1.09. The highest BCUT2D eigenvalue weighted by atomic mass is 16.6. The Morgan fingerprint density at radius 2 is 1.41 bits per heavy atom. The zero-order valence-electron chi connectivity index (χ0n) is 10.3. The van der Waals surface area contributed by atoms with E-state index in [1.807, 2.05) is 0 Å². The lowest BCUT2D eigenvalue weighted by Crippen LogP contribution is -2.33. The van der Waals surface area contributed by atoms with Crippen LogP contribution in [0, 0.1) is 5.41 Å². The molecule has 2 atom stereocenters. The zero-order valence-corrected chi connectivity index (χ0v) is 10.3. The summed E-state index contributed by atoms with van der Waals surface area (Å²) in [4.78, 5) is 23.6. The van der Waals surface area contributed by atoms with Crippen LogP contribution in [-0.2, 0) is 19.1 Å². The Morgan fingerprint density at radius 3 is 1.65 bits per heavy atom. The third kappa shape index (κ3) is 2.96. The third-order valence-corrected chi connectivity index (χ3v) is 2.78. The third-order valence-electron chi connectivity index (χ3n) is 2.78. The van der Waals surface area contributed by atoms with Gasteiger partial charge >= 0.3 is 11.9 Å². The molecule has 0 N–H and O–H groups in total. The van der Waals surface area contributed by atoms with Crippen LogP contribution in [0.3, 0.4) is 0 Å². The van der Waals surface area contributed by atoms with Gasteiger partial charge in [-0.2, -0.15) is 0 Å². The van der Waals surface area contributed by atoms with Gasteiger partial charge in [0, 0.05) is 0 Å². The van der Waals surface area contributed by atoms with Gasteiger partial charge in [-0.3, -0.25) is 9.59 Å². The number of carbonyl (C=O) groups is 2. The Hall–Kier alpha value is -1.58. The molecule has 0 heterocycles. The van der Waals surface area contributed by atoms with Crippen molar-refractivity contribution in [2.24, 2.45) is 5.41 Å². The Balaban J connectivity index is 2.62. The fourth-order valence-corrected chi connectivity index (χ4v) is 1.28. The normalized spacial score (nSPS) is 19.6. The van der Waals surface area contributed by atoms with Crippen LogP contribution in [0.1, 0.15) is 26.7 Å². The molecule has 0 amide bonds. The Morgan fingerprint density at radius 1 is 1.06 bits per heavy atom. The molecule has 94 valence electrons. The summed E-state index contributed by atoms with van der Waals surface area (Å²) in [7, 11) is 0. The standard InChI is InChI=1S/C13H18O4/c1-5-9(3)16-11(14)13(7-8-13)12(15)17-10(4)6-2/h5-6,9-10H,1-2,7-8H2,3-4H3. The minimum absolute atomic E-state index is 0.399. The van der Waals surface area contributed by atoms with Crippen LogP contribution in [0.25, 0.3) is 0 Å². The van der Waals surface area contributed by atoms with Gasteiger partial charge in [-0.15, -0.1) is 0 Å². The number of ether oxygens (including phenoxy) is 2. The average Bonchev–Trinajstić information content (AvgIpc) is 3.09. The SMILES string of the molecule is C=CC(C)OC(=O)C1(C(=O)OC(C)C=C)CC1. The van der Waals surface area contributed by atoms with Crippen molar-refractivity contribution in [1.29, 1.82) is 0 Å². The first-order valence-electron chi connectivity index (χ1n) is 5.63. The van der Waals surface area contributed by atoms with E-state index in [0.717, 1.165) is 0 Å². The molecular formula is C13H18O4. The van der Waals surface area contributed by atoms with Crippen LogP contribution in [-0.4, -0.2) is 24.1 Å². The van der Waals surface area contributed by atoms with E-state index in [-0.39, 0.29) is 0 Å². The first kappa shape index (κ1) is 13.5. The van der Waals surface area contributed by atoms with Gasteiger partial charge in [0.15, 0.2) is 5.41 Å². The molecule has 4 nitrogen and oxygen atoms in total. The second kappa shape index (κ2) is 5.17. The van der Waals surface area contributed by atoms with Gasteiger partial charge < -0.3 is 9.47 Å². The number of esters is 2. The summed E-state index contributed by atoms with van der Waals surface area (Å²) in [6, 6.07) is 0. The van der Waals surface area contributed by atoms with E-state index >= 15 is 0 Å². The van der Waals surface area contributed by atoms with Crippen LogP contribution in [0.15, 0.2) is 25.3 Å². The van der Waals surface area contributed by atoms with E-state index in [1.165, 1.54) is 12.2 Å². The van der Waals surface area contributed by atoms with E-state index in [2.05, 4.69) is 13.2 Å². The summed E-state index contributed by atoms with van der Waals surface area (Å²) in [6.45, 7) is 10.4. The number of carbonyl (C=O) groups excluding carboxylic acids is 2. The molecule has 1 aliphatic rings. The molecule has 1 saturated carbocycles. The summed E-state index contributed by atoms with van der Waals surface area (Å²) >= 11 is 0. The zero-order chi connectivity index (χ0) is 13.1. The molecule has 0 aromatic rings. The highest BCUT2D eigenvalue weighted by Crippen LogP contribution is 2.48. The molecular weight excluding hydrogens is 220 g/mol. The van der Waals surface area contributed by atoms with Gasteiger partial charge in [-0.1, -0.05) is 25.3 Å². The maximum atomic E-state index is 11.8. The summed E-state index contributed by atoms with van der Waals surface area (Å²) in [5.74, 6) is -1.04. The molecule has 0 saturated heterocycles. The molecule has 4 heteroatoms. The quantitative estimate of drug-likeness (QED) is 0.403. The fourth-order valence-electron chi connectivity index (χ4n) is 1.28. The molecule has 0 radical (unpaired) electrons. The molecule has 17 heavy (non-hydrogen) atoms. The first-order chi connectivity index (χ1) is 7.96. The van der Waals surface area contributed by atoms with Gasteiger partial charge in [0.25, 0.3) is 0 Å². The lowest BCUT2D eigenvalue weighted by atomic mass is 10.1. The number of hydrogen-bond acceptors (Lipinski definition) is 4. The molecule has 1 fully saturated rings. The van der Waals surface area contributed by atoms with Gasteiger partial charge in [-0.05, 0) is 26.7 Å². The maximum absolute atomic E-state index is 11.8. The lowest BCUT2D eigenvalue weighted by molar-refractivity contribution is -0.167. The van der Waals surface area contributed by atoms with E-state index < -0.39 is 29.6 Å². The van der Waals surface area contributed by atoms with E-state index in [9.17, 15) is 9.59 Å². The Bertz CT molecular complexity index is 311. The van der Waals surface area contributed by atoms with Crippen LogP contribution in [0.5, 0.6) is 0 Å². The smallest absolute Gasteiger partial charge is 0.324 e. The van der Waals surface area contributed by atoms with E-state index in [4.69, 9.17) is 9.47 Å². The number of rotatable bonds is 6. The van der Waals surface area contributed by atoms with Crippen molar-refractivity contribution in [2.75, 3.05) is 0 Å². The molecule has 0 spiro atoms. The molecule has 0 aliphatic heterocycles. The Kier molecular flexibility index (Phi) is 4.10. The van der Waals surface area contributed by atoms with Crippen molar-refractivity contribution in [1.82, 2.24) is 0 Å². The van der Waals surface area contributed by atoms with E-state index in [1.54, 1.807) is 13.8 Å². The fraction of sp³-hybridized carbons (Fsp3) is 0.538. The first-order valence-corrected chi connectivity index (χ1v) is 5.63. The van der Waals surface area contributed by atoms with Crippen molar-refractivity contribution < 1.29 is 19.1 Å². The predicted octanol–water partition coefficient (Wildman–Crippen LogP) is 2.00. The summed E-state index contributed by atoms with van der Waals surface area (Å²) in [5, 5.41) is 0. The highest BCUT2D eigenvalue weighted by molar-refractivity contribution is 6.03. The van der Waals surface area contributed by atoms with Gasteiger partial charge in [0.05, 0.1) is 0 Å². The van der Waals surface area contributed by atoms with Crippen molar-refractivity contribution in [2.45, 2.75) is 38.9 Å². The topological polar surface area (TPSA) is 52.6 Å². The molecule has 1 rings (SSSR count). The number of hydrogen-bond donors (Lipinski definition) is 0. The predicted molar refractivity (Wildman–Crippen MR) is 63.2 cm³/mol. The van der Waals surface area contributed by atoms with Crippen molar-refractivity contribution >= 4 is 11.9 Å². The van der Waals surface area contributed by atoms with Crippen LogP contribution >= 0.6 is 0 Å². The summed E-state index contributed by atoms with van der Waals surface area (Å²) in [6.07, 6.45) is 3.18. The monoisotopic (exact) mass is 238 g/mol. The minimum atomic E-state index is -1.09. The van der Waals surface area contributed by atoms with Crippen molar-refractivity contribution in [3.63, 3.8) is 0 Å². The molecule has 2 unspecified atom stereocenters. The van der Waals surface area contributed by atoms with Crippen LogP contribution in [0.4, 0.5) is 0 Å². The highest BCUT2D eigenvalue weighted by Gasteiger charge is 2.60. The molecule has 0 aromatic heterocycles. The van der Waals surface area contributed by atoms with E-state index in [0.29, 0.717) is 12.8 Å². The molecule has 1 aliphatic carbocycles. The minimum Gasteiger partial charge on any atom is -0.458 e. The van der Waals surface area contributed by atoms with Crippen LogP contribution < -0.4 is 0 Å². The van der Waals surface area contributed by atoms with Crippen LogP contribution in [0.2, 0.25) is 0 Å². The summed E-state index contributed by atoms with van der Waals surface area (Å²) < 4.78 is 10.2. The second-order valence-corrected chi connectivity index (χ2v) is 4.27. The van der Waals surface area contributed by atoms with Crippen molar-refractivity contribution in [3.8, 4) is 0 Å². The molecule has 0 aromatic carbocycles. The van der Waals surface area contributed by atoms with Gasteiger partial charge in [0.1, 0.15) is 12.2 Å². The van der Waals surface area contributed by atoms with Gasteiger partial charge in [0.2, 0.25) is 0 Å². The lowest BCUT2D eigenvalue weighted by Gasteiger charge is -2.17. The maximum Gasteiger partial charge on any atom is 0.324 e. The molecule has 0 bridgehead atoms. The second-order valence-electron chi connectivity index (χ2n) is 4.27. The Labute approximate surface area is 101 Å².